The van der Waals surface area contributed by atoms with E-state index in [-0.39, 0.29) is 0 Å². The average molecular weight is 457 g/mol. The maximum Gasteiger partial charge on any atom is 0.120 e. The summed E-state index contributed by atoms with van der Waals surface area (Å²) in [5.74, 6) is 1.91. The summed E-state index contributed by atoms with van der Waals surface area (Å²) in [7, 11) is 1.71. The van der Waals surface area contributed by atoms with Crippen LogP contribution in [-0.4, -0.2) is 44.7 Å². The number of rotatable bonds is 8. The van der Waals surface area contributed by atoms with Gasteiger partial charge in [-0.3, -0.25) is 4.90 Å². The fraction of sp³-hybridized carbons (Fsp3) is 0.400. The SMILES string of the molecule is COc1ccc(N2CCN(CCc3ccc(COc4ccc5c(c4)CCCC5)cc3)CC2)cc1. The summed E-state index contributed by atoms with van der Waals surface area (Å²) >= 11 is 0. The molecule has 3 aromatic rings. The van der Waals surface area contributed by atoms with Crippen LogP contribution < -0.4 is 14.4 Å². The number of hydrogen-bond donors (Lipinski definition) is 0. The van der Waals surface area contributed by atoms with Gasteiger partial charge in [-0.05, 0) is 90.8 Å². The van der Waals surface area contributed by atoms with Crippen molar-refractivity contribution in [2.75, 3.05) is 44.7 Å². The average Bonchev–Trinajstić information content (AvgIpc) is 2.91. The summed E-state index contributed by atoms with van der Waals surface area (Å²) in [5.41, 5.74) is 6.90. The molecule has 0 unspecified atom stereocenters. The van der Waals surface area contributed by atoms with Crippen LogP contribution in [0.2, 0.25) is 0 Å². The van der Waals surface area contributed by atoms with E-state index in [1.807, 2.05) is 12.1 Å². The summed E-state index contributed by atoms with van der Waals surface area (Å²) < 4.78 is 11.4. The molecule has 4 nitrogen and oxygen atoms in total. The van der Waals surface area contributed by atoms with Gasteiger partial charge in [0.05, 0.1) is 7.11 Å². The molecule has 1 aliphatic carbocycles. The molecule has 0 atom stereocenters. The highest BCUT2D eigenvalue weighted by Gasteiger charge is 2.17. The molecule has 178 valence electrons. The van der Waals surface area contributed by atoms with E-state index in [0.29, 0.717) is 6.61 Å². The number of aryl methyl sites for hydroxylation is 2. The van der Waals surface area contributed by atoms with E-state index in [9.17, 15) is 0 Å². The number of ether oxygens (including phenoxy) is 2. The van der Waals surface area contributed by atoms with Gasteiger partial charge < -0.3 is 14.4 Å². The van der Waals surface area contributed by atoms with Crippen LogP contribution >= 0.6 is 0 Å². The van der Waals surface area contributed by atoms with Crippen molar-refractivity contribution in [3.8, 4) is 11.5 Å². The van der Waals surface area contributed by atoms with Crippen molar-refractivity contribution in [2.24, 2.45) is 0 Å². The molecule has 0 aromatic heterocycles. The Hall–Kier alpha value is -2.98. The van der Waals surface area contributed by atoms with Gasteiger partial charge in [-0.2, -0.15) is 0 Å². The summed E-state index contributed by atoms with van der Waals surface area (Å²) in [6, 6.07) is 24.0. The second-order valence-corrected chi connectivity index (χ2v) is 9.52. The Labute approximate surface area is 204 Å². The number of benzene rings is 3. The minimum absolute atomic E-state index is 0.631. The predicted molar refractivity (Wildman–Crippen MR) is 139 cm³/mol. The van der Waals surface area contributed by atoms with Crippen molar-refractivity contribution in [1.82, 2.24) is 4.90 Å². The standard InChI is InChI=1S/C30H36N2O2/c1-33-29-14-11-28(12-15-29)32-20-18-31(19-21-32)17-16-24-6-8-25(9-7-24)23-34-30-13-10-26-4-2-3-5-27(26)22-30/h6-15,22H,2-5,16-21,23H2,1H3. The van der Waals surface area contributed by atoms with E-state index < -0.39 is 0 Å². The van der Waals surface area contributed by atoms with E-state index in [1.165, 1.54) is 53.6 Å². The summed E-state index contributed by atoms with van der Waals surface area (Å²) in [5, 5.41) is 0. The molecule has 0 bridgehead atoms. The van der Waals surface area contributed by atoms with Gasteiger partial charge in [0.1, 0.15) is 18.1 Å². The molecule has 34 heavy (non-hydrogen) atoms. The van der Waals surface area contributed by atoms with Crippen molar-refractivity contribution in [3.63, 3.8) is 0 Å². The third kappa shape index (κ3) is 5.74. The Morgan fingerprint density at radius 3 is 2.12 bits per heavy atom. The number of nitrogens with zero attached hydrogens (tertiary/aromatic N) is 2. The molecule has 0 amide bonds. The van der Waals surface area contributed by atoms with Crippen LogP contribution in [0, 0.1) is 0 Å². The highest BCUT2D eigenvalue weighted by atomic mass is 16.5. The first kappa shape index (κ1) is 22.8. The number of methoxy groups -OCH3 is 1. The second kappa shape index (κ2) is 11.0. The molecular formula is C30H36N2O2. The van der Waals surface area contributed by atoms with E-state index in [4.69, 9.17) is 9.47 Å². The maximum absolute atomic E-state index is 6.09. The Morgan fingerprint density at radius 2 is 1.38 bits per heavy atom. The van der Waals surface area contributed by atoms with Crippen molar-refractivity contribution in [3.05, 3.63) is 89.0 Å². The van der Waals surface area contributed by atoms with Crippen molar-refractivity contribution in [2.45, 2.75) is 38.7 Å². The molecule has 0 N–H and O–H groups in total. The molecule has 2 aliphatic rings. The molecule has 0 saturated carbocycles. The number of piperazine rings is 1. The van der Waals surface area contributed by atoms with Crippen LogP contribution in [0.3, 0.4) is 0 Å². The van der Waals surface area contributed by atoms with E-state index in [1.54, 1.807) is 7.11 Å². The highest BCUT2D eigenvalue weighted by Crippen LogP contribution is 2.26. The van der Waals surface area contributed by atoms with Crippen LogP contribution in [-0.2, 0) is 25.9 Å². The molecule has 5 rings (SSSR count). The third-order valence-electron chi connectivity index (χ3n) is 7.28. The van der Waals surface area contributed by atoms with Gasteiger partial charge >= 0.3 is 0 Å². The molecule has 1 aliphatic heterocycles. The highest BCUT2D eigenvalue weighted by molar-refractivity contribution is 5.49. The number of hydrogen-bond acceptors (Lipinski definition) is 4. The van der Waals surface area contributed by atoms with Gasteiger partial charge in [-0.1, -0.05) is 30.3 Å². The Bertz CT molecular complexity index is 1050. The van der Waals surface area contributed by atoms with Gasteiger partial charge in [-0.15, -0.1) is 0 Å². The zero-order chi connectivity index (χ0) is 23.2. The van der Waals surface area contributed by atoms with E-state index >= 15 is 0 Å². The van der Waals surface area contributed by atoms with Crippen molar-refractivity contribution >= 4 is 5.69 Å². The van der Waals surface area contributed by atoms with Gasteiger partial charge in [0, 0.05) is 38.4 Å². The molecule has 0 radical (unpaired) electrons. The summed E-state index contributed by atoms with van der Waals surface area (Å²) in [4.78, 5) is 5.04. The molecular weight excluding hydrogens is 420 g/mol. The topological polar surface area (TPSA) is 24.9 Å². The number of anilines is 1. The van der Waals surface area contributed by atoms with Crippen LogP contribution in [0.15, 0.2) is 66.7 Å². The normalized spacial score (nSPS) is 16.2. The van der Waals surface area contributed by atoms with Crippen molar-refractivity contribution in [1.29, 1.82) is 0 Å². The second-order valence-electron chi connectivity index (χ2n) is 9.52. The monoisotopic (exact) mass is 456 g/mol. The van der Waals surface area contributed by atoms with Crippen LogP contribution in [0.25, 0.3) is 0 Å². The van der Waals surface area contributed by atoms with Gasteiger partial charge in [0.25, 0.3) is 0 Å². The molecule has 1 saturated heterocycles. The van der Waals surface area contributed by atoms with Gasteiger partial charge in [0.15, 0.2) is 0 Å². The molecule has 3 aromatic carbocycles. The minimum atomic E-state index is 0.631. The summed E-state index contributed by atoms with van der Waals surface area (Å²) in [6.45, 7) is 6.11. The zero-order valence-electron chi connectivity index (χ0n) is 20.3. The first-order valence-corrected chi connectivity index (χ1v) is 12.7. The fourth-order valence-corrected chi connectivity index (χ4v) is 5.08. The van der Waals surface area contributed by atoms with Crippen LogP contribution in [0.5, 0.6) is 11.5 Å². The van der Waals surface area contributed by atoms with Crippen molar-refractivity contribution < 1.29 is 9.47 Å². The minimum Gasteiger partial charge on any atom is -0.497 e. The lowest BCUT2D eigenvalue weighted by Gasteiger charge is -2.36. The Kier molecular flexibility index (Phi) is 7.35. The third-order valence-corrected chi connectivity index (χ3v) is 7.28. The lowest BCUT2D eigenvalue weighted by molar-refractivity contribution is 0.261. The smallest absolute Gasteiger partial charge is 0.120 e. The lowest BCUT2D eigenvalue weighted by atomic mass is 9.92. The first-order valence-electron chi connectivity index (χ1n) is 12.7. The Morgan fingerprint density at radius 1 is 0.706 bits per heavy atom. The van der Waals surface area contributed by atoms with Crippen LogP contribution in [0.4, 0.5) is 5.69 Å². The largest absolute Gasteiger partial charge is 0.497 e. The van der Waals surface area contributed by atoms with Gasteiger partial charge in [-0.25, -0.2) is 0 Å². The Balaban J connectivity index is 1.05. The zero-order valence-corrected chi connectivity index (χ0v) is 20.3. The first-order chi connectivity index (χ1) is 16.8. The molecule has 1 heterocycles. The lowest BCUT2D eigenvalue weighted by Crippen LogP contribution is -2.46. The van der Waals surface area contributed by atoms with Gasteiger partial charge in [0.2, 0.25) is 0 Å². The molecule has 0 spiro atoms. The molecule has 1 fully saturated rings. The quantitative estimate of drug-likeness (QED) is 0.446. The van der Waals surface area contributed by atoms with E-state index in [2.05, 4.69) is 64.4 Å². The number of fused-ring (bicyclic) bond motifs is 1. The van der Waals surface area contributed by atoms with Crippen LogP contribution in [0.1, 0.15) is 35.1 Å². The van der Waals surface area contributed by atoms with E-state index in [0.717, 1.165) is 50.6 Å². The summed E-state index contributed by atoms with van der Waals surface area (Å²) in [6.07, 6.45) is 6.12. The molecule has 4 heteroatoms. The maximum atomic E-state index is 6.09. The fourth-order valence-electron chi connectivity index (χ4n) is 5.08. The predicted octanol–water partition coefficient (Wildman–Crippen LogP) is 5.52.